The second kappa shape index (κ2) is 5.01. The minimum atomic E-state index is -4.47. The first kappa shape index (κ1) is 13.8. The number of rotatable bonds is 2. The molecule has 0 aliphatic carbocycles. The van der Waals surface area contributed by atoms with E-state index in [-0.39, 0.29) is 12.0 Å². The van der Waals surface area contributed by atoms with Gasteiger partial charge in [-0.1, -0.05) is 5.16 Å². The van der Waals surface area contributed by atoms with E-state index in [9.17, 15) is 13.2 Å². The van der Waals surface area contributed by atoms with Crippen LogP contribution in [0.4, 0.5) is 19.1 Å². The standard InChI is InChI=1S/C13H13F3N4O/c1-8-7-9(19-21-8)10-3-2-6-20(10)12-17-5-4-11(18-12)13(14,15)16/h4-5,7,10H,2-3,6H2,1H3/t10-/m0/s1. The van der Waals surface area contributed by atoms with Crippen molar-refractivity contribution in [3.05, 3.63) is 35.5 Å². The number of alkyl halides is 3. The van der Waals surface area contributed by atoms with Crippen molar-refractivity contribution < 1.29 is 17.7 Å². The van der Waals surface area contributed by atoms with Gasteiger partial charge in [0.1, 0.15) is 17.1 Å². The Balaban J connectivity index is 1.92. The van der Waals surface area contributed by atoms with Crippen LogP contribution in [0.5, 0.6) is 0 Å². The minimum Gasteiger partial charge on any atom is -0.361 e. The third-order valence-electron chi connectivity index (χ3n) is 3.43. The van der Waals surface area contributed by atoms with Gasteiger partial charge in [-0.15, -0.1) is 0 Å². The Bertz CT molecular complexity index is 640. The van der Waals surface area contributed by atoms with Crippen molar-refractivity contribution in [1.29, 1.82) is 0 Å². The van der Waals surface area contributed by atoms with E-state index in [4.69, 9.17) is 4.52 Å². The molecule has 1 saturated heterocycles. The molecule has 1 aliphatic rings. The van der Waals surface area contributed by atoms with Crippen LogP contribution in [0.1, 0.15) is 36.0 Å². The largest absolute Gasteiger partial charge is 0.433 e. The van der Waals surface area contributed by atoms with Gasteiger partial charge in [0.05, 0.1) is 6.04 Å². The molecular formula is C13H13F3N4O. The fraction of sp³-hybridized carbons (Fsp3) is 0.462. The van der Waals surface area contributed by atoms with E-state index in [1.165, 1.54) is 0 Å². The molecule has 0 amide bonds. The number of halogens is 3. The Morgan fingerprint density at radius 2 is 2.19 bits per heavy atom. The zero-order valence-electron chi connectivity index (χ0n) is 11.3. The molecule has 8 heteroatoms. The van der Waals surface area contributed by atoms with Crippen LogP contribution in [0, 0.1) is 6.92 Å². The number of aryl methyl sites for hydroxylation is 1. The molecule has 112 valence electrons. The normalized spacial score (nSPS) is 19.2. The molecule has 3 heterocycles. The second-order valence-corrected chi connectivity index (χ2v) is 4.95. The molecule has 1 aliphatic heterocycles. The maximum atomic E-state index is 12.7. The molecule has 1 fully saturated rings. The summed E-state index contributed by atoms with van der Waals surface area (Å²) >= 11 is 0. The molecule has 2 aromatic rings. The van der Waals surface area contributed by atoms with Gasteiger partial charge in [0.15, 0.2) is 0 Å². The third-order valence-corrected chi connectivity index (χ3v) is 3.43. The maximum Gasteiger partial charge on any atom is 0.433 e. The summed E-state index contributed by atoms with van der Waals surface area (Å²) in [5.41, 5.74) is -0.236. The van der Waals surface area contributed by atoms with Crippen LogP contribution in [0.3, 0.4) is 0 Å². The first-order chi connectivity index (χ1) is 9.95. The van der Waals surface area contributed by atoms with E-state index in [2.05, 4.69) is 15.1 Å². The minimum absolute atomic E-state index is 0.0768. The van der Waals surface area contributed by atoms with Crippen molar-refractivity contribution in [2.24, 2.45) is 0 Å². The summed E-state index contributed by atoms with van der Waals surface area (Å²) in [6, 6.07) is 2.51. The average molecular weight is 298 g/mol. The molecular weight excluding hydrogens is 285 g/mol. The van der Waals surface area contributed by atoms with Crippen LogP contribution in [0.15, 0.2) is 22.9 Å². The summed E-state index contributed by atoms with van der Waals surface area (Å²) in [7, 11) is 0. The molecule has 2 aromatic heterocycles. The van der Waals surface area contributed by atoms with Crippen molar-refractivity contribution in [2.75, 3.05) is 11.4 Å². The van der Waals surface area contributed by atoms with E-state index in [0.29, 0.717) is 18.0 Å². The number of nitrogens with zero attached hydrogens (tertiary/aromatic N) is 4. The van der Waals surface area contributed by atoms with Gasteiger partial charge in [-0.3, -0.25) is 0 Å². The van der Waals surface area contributed by atoms with Gasteiger partial charge in [-0.2, -0.15) is 13.2 Å². The molecule has 0 spiro atoms. The molecule has 0 radical (unpaired) electrons. The quantitative estimate of drug-likeness (QED) is 0.852. The highest BCUT2D eigenvalue weighted by Crippen LogP contribution is 2.35. The summed E-state index contributed by atoms with van der Waals surface area (Å²) < 4.78 is 43.3. The molecule has 0 bridgehead atoms. The second-order valence-electron chi connectivity index (χ2n) is 4.95. The highest BCUT2D eigenvalue weighted by Gasteiger charge is 2.35. The van der Waals surface area contributed by atoms with E-state index < -0.39 is 11.9 Å². The van der Waals surface area contributed by atoms with Crippen molar-refractivity contribution in [1.82, 2.24) is 15.1 Å². The van der Waals surface area contributed by atoms with Crippen LogP contribution in [-0.4, -0.2) is 21.7 Å². The monoisotopic (exact) mass is 298 g/mol. The molecule has 0 unspecified atom stereocenters. The summed E-state index contributed by atoms with van der Waals surface area (Å²) in [6.45, 7) is 2.37. The molecule has 1 atom stereocenters. The molecule has 0 saturated carbocycles. The third kappa shape index (κ3) is 2.70. The van der Waals surface area contributed by atoms with Crippen molar-refractivity contribution in [2.45, 2.75) is 32.0 Å². The number of aromatic nitrogens is 3. The highest BCUT2D eigenvalue weighted by atomic mass is 19.4. The van der Waals surface area contributed by atoms with Gasteiger partial charge < -0.3 is 9.42 Å². The highest BCUT2D eigenvalue weighted by molar-refractivity contribution is 5.37. The number of hydrogen-bond acceptors (Lipinski definition) is 5. The van der Waals surface area contributed by atoms with Gasteiger partial charge in [-0.25, -0.2) is 9.97 Å². The van der Waals surface area contributed by atoms with Crippen molar-refractivity contribution in [3.63, 3.8) is 0 Å². The van der Waals surface area contributed by atoms with E-state index in [0.717, 1.165) is 25.1 Å². The van der Waals surface area contributed by atoms with Crippen LogP contribution in [0.25, 0.3) is 0 Å². The predicted molar refractivity (Wildman–Crippen MR) is 67.6 cm³/mol. The molecule has 0 aromatic carbocycles. The molecule has 3 rings (SSSR count). The molecule has 0 N–H and O–H groups in total. The van der Waals surface area contributed by atoms with Crippen molar-refractivity contribution in [3.8, 4) is 0 Å². The van der Waals surface area contributed by atoms with Crippen molar-refractivity contribution >= 4 is 5.95 Å². The lowest BCUT2D eigenvalue weighted by Crippen LogP contribution is -2.26. The smallest absolute Gasteiger partial charge is 0.361 e. The van der Waals surface area contributed by atoms with Gasteiger partial charge in [0, 0.05) is 18.8 Å². The SMILES string of the molecule is Cc1cc([C@@H]2CCCN2c2nccc(C(F)(F)F)n2)no1. The van der Waals surface area contributed by atoms with E-state index >= 15 is 0 Å². The maximum absolute atomic E-state index is 12.7. The van der Waals surface area contributed by atoms with E-state index in [1.807, 2.05) is 0 Å². The molecule has 5 nitrogen and oxygen atoms in total. The lowest BCUT2D eigenvalue weighted by Gasteiger charge is -2.23. The summed E-state index contributed by atoms with van der Waals surface area (Å²) in [5.74, 6) is 0.745. The number of anilines is 1. The van der Waals surface area contributed by atoms with Crippen LogP contribution in [0.2, 0.25) is 0 Å². The zero-order valence-corrected chi connectivity index (χ0v) is 11.3. The van der Waals surface area contributed by atoms with Crippen LogP contribution >= 0.6 is 0 Å². The van der Waals surface area contributed by atoms with Gasteiger partial charge in [0.2, 0.25) is 5.95 Å². The van der Waals surface area contributed by atoms with Gasteiger partial charge in [-0.05, 0) is 25.8 Å². The Morgan fingerprint density at radius 1 is 1.38 bits per heavy atom. The van der Waals surface area contributed by atoms with E-state index in [1.54, 1.807) is 17.9 Å². The Kier molecular flexibility index (Phi) is 3.30. The Labute approximate surface area is 118 Å². The van der Waals surface area contributed by atoms with Gasteiger partial charge in [0.25, 0.3) is 0 Å². The van der Waals surface area contributed by atoms with Crippen LogP contribution < -0.4 is 4.90 Å². The lowest BCUT2D eigenvalue weighted by atomic mass is 10.1. The lowest BCUT2D eigenvalue weighted by molar-refractivity contribution is -0.141. The summed E-state index contributed by atoms with van der Waals surface area (Å²) in [4.78, 5) is 9.36. The first-order valence-corrected chi connectivity index (χ1v) is 6.55. The van der Waals surface area contributed by atoms with Gasteiger partial charge >= 0.3 is 6.18 Å². The topological polar surface area (TPSA) is 55.1 Å². The summed E-state index contributed by atoms with van der Waals surface area (Å²) in [5, 5.41) is 3.95. The first-order valence-electron chi connectivity index (χ1n) is 6.55. The Hall–Kier alpha value is -2.12. The molecule has 21 heavy (non-hydrogen) atoms. The average Bonchev–Trinajstić information content (AvgIpc) is 3.06. The summed E-state index contributed by atoms with van der Waals surface area (Å²) in [6.07, 6.45) is -1.71. The zero-order chi connectivity index (χ0) is 15.0. The fourth-order valence-corrected chi connectivity index (χ4v) is 2.50. The Morgan fingerprint density at radius 3 is 2.86 bits per heavy atom. The predicted octanol–water partition coefficient (Wildman–Crippen LogP) is 3.13. The van der Waals surface area contributed by atoms with Crippen LogP contribution in [-0.2, 0) is 6.18 Å². The fourth-order valence-electron chi connectivity index (χ4n) is 2.50. The number of hydrogen-bond donors (Lipinski definition) is 0.